The number of anilines is 3. The van der Waals surface area contributed by atoms with Crippen LogP contribution in [-0.4, -0.2) is 31.7 Å². The Morgan fingerprint density at radius 2 is 1.72 bits per heavy atom. The van der Waals surface area contributed by atoms with Gasteiger partial charge in [-0.3, -0.25) is 4.79 Å². The predicted molar refractivity (Wildman–Crippen MR) is 112 cm³/mol. The lowest BCUT2D eigenvalue weighted by Crippen LogP contribution is -2.20. The van der Waals surface area contributed by atoms with Crippen molar-refractivity contribution in [2.75, 3.05) is 31.5 Å². The molecule has 0 saturated carbocycles. The van der Waals surface area contributed by atoms with Crippen molar-refractivity contribution in [1.29, 1.82) is 0 Å². The van der Waals surface area contributed by atoms with E-state index in [1.165, 1.54) is 0 Å². The Bertz CT molecular complexity index is 957. The number of aromatic nitrogens is 1. The lowest BCUT2D eigenvalue weighted by atomic mass is 10.2. The van der Waals surface area contributed by atoms with Crippen molar-refractivity contribution in [2.24, 2.45) is 0 Å². The van der Waals surface area contributed by atoms with Crippen molar-refractivity contribution in [3.05, 3.63) is 66.4 Å². The number of benzene rings is 2. The Morgan fingerprint density at radius 3 is 2.38 bits per heavy atom. The molecule has 1 heterocycles. The third-order valence-corrected chi connectivity index (χ3v) is 4.11. The maximum atomic E-state index is 12.1. The summed E-state index contributed by atoms with van der Waals surface area (Å²) in [6.07, 6.45) is 1.62. The number of nitrogens with one attached hydrogen (secondary N) is 2. The second-order valence-electron chi connectivity index (χ2n) is 6.27. The maximum absolute atomic E-state index is 12.1. The number of amides is 1. The number of carbonyl (C=O) groups is 1. The molecule has 0 aliphatic heterocycles. The molecule has 0 aliphatic rings. The average molecular weight is 393 g/mol. The number of nitrogens with zero attached hydrogens (tertiary/aromatic N) is 1. The van der Waals surface area contributed by atoms with Gasteiger partial charge in [-0.1, -0.05) is 17.7 Å². The summed E-state index contributed by atoms with van der Waals surface area (Å²) in [4.78, 5) is 16.3. The third kappa shape index (κ3) is 5.62. The van der Waals surface area contributed by atoms with Crippen LogP contribution in [0, 0.1) is 6.92 Å². The zero-order valence-electron chi connectivity index (χ0n) is 16.6. The van der Waals surface area contributed by atoms with Crippen LogP contribution in [0.5, 0.6) is 17.2 Å². The summed E-state index contributed by atoms with van der Waals surface area (Å²) in [6.45, 7) is 1.90. The molecule has 0 fully saturated rings. The largest absolute Gasteiger partial charge is 0.497 e. The zero-order chi connectivity index (χ0) is 20.6. The molecule has 0 spiro atoms. The van der Waals surface area contributed by atoms with Crippen molar-refractivity contribution >= 4 is 23.1 Å². The van der Waals surface area contributed by atoms with Gasteiger partial charge in [-0.05, 0) is 43.3 Å². The Morgan fingerprint density at radius 1 is 0.966 bits per heavy atom. The summed E-state index contributed by atoms with van der Waals surface area (Å²) in [7, 11) is 3.20. The highest BCUT2D eigenvalue weighted by molar-refractivity contribution is 5.91. The van der Waals surface area contributed by atoms with E-state index >= 15 is 0 Å². The number of methoxy groups -OCH3 is 2. The van der Waals surface area contributed by atoms with Gasteiger partial charge in [0.15, 0.2) is 6.61 Å². The van der Waals surface area contributed by atoms with E-state index in [1.54, 1.807) is 26.5 Å². The summed E-state index contributed by atoms with van der Waals surface area (Å²) >= 11 is 0. The van der Waals surface area contributed by atoms with Gasteiger partial charge in [0.25, 0.3) is 5.91 Å². The minimum atomic E-state index is -0.284. The van der Waals surface area contributed by atoms with Gasteiger partial charge in [0.05, 0.1) is 31.8 Å². The molecule has 0 unspecified atom stereocenters. The van der Waals surface area contributed by atoms with E-state index in [-0.39, 0.29) is 12.5 Å². The summed E-state index contributed by atoms with van der Waals surface area (Å²) < 4.78 is 16.1. The molecule has 0 saturated heterocycles. The van der Waals surface area contributed by atoms with Crippen LogP contribution in [0.2, 0.25) is 0 Å². The number of ether oxygens (including phenoxy) is 3. The van der Waals surface area contributed by atoms with Crippen LogP contribution in [0.1, 0.15) is 5.56 Å². The lowest BCUT2D eigenvalue weighted by Gasteiger charge is -2.13. The third-order valence-electron chi connectivity index (χ3n) is 4.11. The van der Waals surface area contributed by atoms with E-state index in [0.29, 0.717) is 23.1 Å². The first-order valence-electron chi connectivity index (χ1n) is 9.02. The first-order valence-corrected chi connectivity index (χ1v) is 9.02. The molecule has 7 heteroatoms. The molecule has 0 radical (unpaired) electrons. The molecule has 2 N–H and O–H groups in total. The van der Waals surface area contributed by atoms with E-state index in [2.05, 4.69) is 15.6 Å². The lowest BCUT2D eigenvalue weighted by molar-refractivity contribution is -0.118. The Kier molecular flexibility index (Phi) is 6.52. The van der Waals surface area contributed by atoms with Gasteiger partial charge in [-0.2, -0.15) is 0 Å². The van der Waals surface area contributed by atoms with Crippen molar-refractivity contribution in [3.63, 3.8) is 0 Å². The quantitative estimate of drug-likeness (QED) is 0.598. The number of carbonyl (C=O) groups excluding carboxylic acids is 1. The van der Waals surface area contributed by atoms with Gasteiger partial charge >= 0.3 is 0 Å². The van der Waals surface area contributed by atoms with Crippen molar-refractivity contribution < 1.29 is 19.0 Å². The van der Waals surface area contributed by atoms with E-state index < -0.39 is 0 Å². The van der Waals surface area contributed by atoms with Crippen LogP contribution in [0.25, 0.3) is 0 Å². The van der Waals surface area contributed by atoms with E-state index in [1.807, 2.05) is 55.5 Å². The smallest absolute Gasteiger partial charge is 0.263 e. The SMILES string of the molecule is COc1ccc(OC)c(Nc2ccc(NC(=O)COc3ccc(C)cc3)nc2)c1. The molecule has 29 heavy (non-hydrogen) atoms. The number of aryl methyl sites for hydroxylation is 1. The summed E-state index contributed by atoms with van der Waals surface area (Å²) in [5.41, 5.74) is 2.62. The maximum Gasteiger partial charge on any atom is 0.263 e. The molecule has 0 atom stereocenters. The first-order chi connectivity index (χ1) is 14.1. The van der Waals surface area contributed by atoms with Crippen LogP contribution in [0.15, 0.2) is 60.8 Å². The summed E-state index contributed by atoms with van der Waals surface area (Å²) in [6, 6.07) is 16.5. The van der Waals surface area contributed by atoms with Crippen LogP contribution in [0.4, 0.5) is 17.2 Å². The van der Waals surface area contributed by atoms with E-state index in [4.69, 9.17) is 14.2 Å². The molecule has 2 aromatic carbocycles. The second-order valence-corrected chi connectivity index (χ2v) is 6.27. The minimum Gasteiger partial charge on any atom is -0.497 e. The summed E-state index contributed by atoms with van der Waals surface area (Å²) in [5.74, 6) is 2.18. The molecule has 1 aromatic heterocycles. The topological polar surface area (TPSA) is 81.7 Å². The minimum absolute atomic E-state index is 0.0915. The van der Waals surface area contributed by atoms with Gasteiger partial charge in [-0.25, -0.2) is 4.98 Å². The van der Waals surface area contributed by atoms with Crippen molar-refractivity contribution in [2.45, 2.75) is 6.92 Å². The molecule has 7 nitrogen and oxygen atoms in total. The molecular formula is C22H23N3O4. The number of rotatable bonds is 8. The van der Waals surface area contributed by atoms with Gasteiger partial charge in [0, 0.05) is 6.07 Å². The molecule has 3 aromatic rings. The van der Waals surface area contributed by atoms with Gasteiger partial charge in [-0.15, -0.1) is 0 Å². The average Bonchev–Trinajstić information content (AvgIpc) is 2.74. The molecule has 3 rings (SSSR count). The monoisotopic (exact) mass is 393 g/mol. The van der Waals surface area contributed by atoms with Crippen molar-refractivity contribution in [3.8, 4) is 17.2 Å². The Labute approximate surface area is 169 Å². The zero-order valence-corrected chi connectivity index (χ0v) is 16.6. The highest BCUT2D eigenvalue weighted by Crippen LogP contribution is 2.31. The Balaban J connectivity index is 1.57. The first kappa shape index (κ1) is 20.0. The van der Waals surface area contributed by atoms with Crippen LogP contribution >= 0.6 is 0 Å². The van der Waals surface area contributed by atoms with Gasteiger partial charge in [0.1, 0.15) is 23.1 Å². The molecule has 0 aliphatic carbocycles. The number of hydrogen-bond donors (Lipinski definition) is 2. The van der Waals surface area contributed by atoms with Gasteiger partial charge < -0.3 is 24.8 Å². The van der Waals surface area contributed by atoms with Crippen LogP contribution in [0.3, 0.4) is 0 Å². The van der Waals surface area contributed by atoms with Gasteiger partial charge in [0.2, 0.25) is 0 Å². The predicted octanol–water partition coefficient (Wildman–Crippen LogP) is 4.17. The number of pyridine rings is 1. The fraction of sp³-hybridized carbons (Fsp3) is 0.182. The fourth-order valence-electron chi connectivity index (χ4n) is 2.57. The highest BCUT2D eigenvalue weighted by Gasteiger charge is 2.08. The van der Waals surface area contributed by atoms with Crippen LogP contribution in [-0.2, 0) is 4.79 Å². The normalized spacial score (nSPS) is 10.2. The molecule has 150 valence electrons. The molecule has 1 amide bonds. The molecule has 0 bridgehead atoms. The fourth-order valence-corrected chi connectivity index (χ4v) is 2.57. The highest BCUT2D eigenvalue weighted by atomic mass is 16.5. The van der Waals surface area contributed by atoms with Crippen molar-refractivity contribution in [1.82, 2.24) is 4.98 Å². The van der Waals surface area contributed by atoms with Crippen LogP contribution < -0.4 is 24.8 Å². The second kappa shape index (κ2) is 9.45. The standard InChI is InChI=1S/C22H23N3O4/c1-15-4-7-17(8-5-15)29-14-22(26)25-21-11-6-16(13-23-21)24-19-12-18(27-2)9-10-20(19)28-3/h4-13,24H,14H2,1-3H3,(H,23,25,26). The molecular weight excluding hydrogens is 370 g/mol. The van der Waals surface area contributed by atoms with E-state index in [9.17, 15) is 4.79 Å². The van der Waals surface area contributed by atoms with E-state index in [0.717, 1.165) is 16.9 Å². The number of hydrogen-bond acceptors (Lipinski definition) is 6. The Hall–Kier alpha value is -3.74. The summed E-state index contributed by atoms with van der Waals surface area (Å²) in [5, 5.41) is 5.93.